The predicted octanol–water partition coefficient (Wildman–Crippen LogP) is 1.32. The molecule has 2 amide bonds. The lowest BCUT2D eigenvalue weighted by Gasteiger charge is -2.45. The fraction of sp³-hybridized carbons (Fsp3) is 0.867. The van der Waals surface area contributed by atoms with E-state index < -0.39 is 11.6 Å². The van der Waals surface area contributed by atoms with Crippen LogP contribution in [0.3, 0.4) is 0 Å². The third-order valence-electron chi connectivity index (χ3n) is 4.19. The lowest BCUT2D eigenvalue weighted by Crippen LogP contribution is -2.70. The second-order valence-electron chi connectivity index (χ2n) is 6.91. The van der Waals surface area contributed by atoms with Gasteiger partial charge in [0.25, 0.3) is 0 Å². The summed E-state index contributed by atoms with van der Waals surface area (Å²) in [5.74, 6) is 0.0171. The van der Waals surface area contributed by atoms with Gasteiger partial charge in [0, 0.05) is 6.54 Å². The summed E-state index contributed by atoms with van der Waals surface area (Å²) in [4.78, 5) is 26.7. The number of amides is 2. The van der Waals surface area contributed by atoms with Gasteiger partial charge in [-0.1, -0.05) is 13.8 Å². The van der Waals surface area contributed by atoms with Crippen LogP contribution in [-0.2, 0) is 14.3 Å². The fourth-order valence-electron chi connectivity index (χ4n) is 3.16. The van der Waals surface area contributed by atoms with E-state index in [4.69, 9.17) is 4.74 Å². The molecule has 2 rings (SSSR count). The number of ether oxygens (including phenoxy) is 1. The molecule has 3 atom stereocenters. The standard InChI is InChI=1S/C15H26N2O3/c1-9(2)12-13(18)16-15(4,5)14(19)17(12)8-11-7-6-10(3)20-11/h9-12H,6-8H2,1-5H3,(H,16,18). The minimum atomic E-state index is -0.827. The molecule has 1 N–H and O–H groups in total. The number of carbonyl (C=O) groups excluding carboxylic acids is 2. The van der Waals surface area contributed by atoms with Crippen molar-refractivity contribution in [2.45, 2.75) is 71.2 Å². The van der Waals surface area contributed by atoms with Crippen LogP contribution in [-0.4, -0.2) is 47.0 Å². The van der Waals surface area contributed by atoms with Gasteiger partial charge in [0.1, 0.15) is 11.6 Å². The molecule has 5 heteroatoms. The zero-order valence-electron chi connectivity index (χ0n) is 13.1. The first-order valence-electron chi connectivity index (χ1n) is 7.51. The van der Waals surface area contributed by atoms with Gasteiger partial charge in [-0.05, 0) is 39.5 Å². The Kier molecular flexibility index (Phi) is 4.09. The number of hydrogen-bond acceptors (Lipinski definition) is 3. The maximum atomic E-state index is 12.6. The molecule has 0 radical (unpaired) electrons. The number of carbonyl (C=O) groups is 2. The van der Waals surface area contributed by atoms with Crippen LogP contribution in [0.1, 0.15) is 47.5 Å². The summed E-state index contributed by atoms with van der Waals surface area (Å²) in [5, 5.41) is 2.83. The third kappa shape index (κ3) is 2.82. The second kappa shape index (κ2) is 5.35. The van der Waals surface area contributed by atoms with Crippen molar-refractivity contribution in [1.82, 2.24) is 10.2 Å². The highest BCUT2D eigenvalue weighted by Gasteiger charge is 2.47. The van der Waals surface area contributed by atoms with Crippen LogP contribution in [0.25, 0.3) is 0 Å². The highest BCUT2D eigenvalue weighted by Crippen LogP contribution is 2.26. The summed E-state index contributed by atoms with van der Waals surface area (Å²) in [6, 6.07) is -0.393. The average Bonchev–Trinajstić information content (AvgIpc) is 2.70. The van der Waals surface area contributed by atoms with Gasteiger partial charge in [-0.25, -0.2) is 0 Å². The van der Waals surface area contributed by atoms with E-state index in [1.165, 1.54) is 0 Å². The van der Waals surface area contributed by atoms with E-state index in [1.807, 2.05) is 13.8 Å². The Bertz CT molecular complexity index is 406. The second-order valence-corrected chi connectivity index (χ2v) is 6.91. The van der Waals surface area contributed by atoms with Crippen LogP contribution in [0.5, 0.6) is 0 Å². The van der Waals surface area contributed by atoms with E-state index in [0.29, 0.717) is 6.54 Å². The summed E-state index contributed by atoms with van der Waals surface area (Å²) in [6.07, 6.45) is 2.28. The molecule has 2 aliphatic heterocycles. The fourth-order valence-corrected chi connectivity index (χ4v) is 3.16. The molecule has 2 aliphatic rings. The zero-order valence-corrected chi connectivity index (χ0v) is 13.1. The van der Waals surface area contributed by atoms with E-state index in [9.17, 15) is 9.59 Å². The quantitative estimate of drug-likeness (QED) is 0.849. The molecule has 5 nitrogen and oxygen atoms in total. The van der Waals surface area contributed by atoms with Gasteiger partial charge >= 0.3 is 0 Å². The monoisotopic (exact) mass is 282 g/mol. The smallest absolute Gasteiger partial charge is 0.248 e. The van der Waals surface area contributed by atoms with Crippen LogP contribution in [0.4, 0.5) is 0 Å². The molecule has 20 heavy (non-hydrogen) atoms. The Balaban J connectivity index is 2.19. The van der Waals surface area contributed by atoms with E-state index >= 15 is 0 Å². The predicted molar refractivity (Wildman–Crippen MR) is 76.1 cm³/mol. The molecule has 0 saturated carbocycles. The average molecular weight is 282 g/mol. The van der Waals surface area contributed by atoms with Crippen molar-refractivity contribution in [2.24, 2.45) is 5.92 Å². The minimum absolute atomic E-state index is 0.0149. The number of nitrogens with zero attached hydrogens (tertiary/aromatic N) is 1. The van der Waals surface area contributed by atoms with Crippen molar-refractivity contribution in [1.29, 1.82) is 0 Å². The molecular formula is C15H26N2O3. The Morgan fingerprint density at radius 2 is 2.00 bits per heavy atom. The van der Waals surface area contributed by atoms with E-state index in [2.05, 4.69) is 12.2 Å². The summed E-state index contributed by atoms with van der Waals surface area (Å²) in [6.45, 7) is 10.0. The number of hydrogen-bond donors (Lipinski definition) is 1. The van der Waals surface area contributed by atoms with Gasteiger partial charge in [0.2, 0.25) is 11.8 Å². The van der Waals surface area contributed by atoms with Crippen LogP contribution in [0.15, 0.2) is 0 Å². The van der Waals surface area contributed by atoms with Gasteiger partial charge in [0.05, 0.1) is 12.2 Å². The van der Waals surface area contributed by atoms with E-state index in [1.54, 1.807) is 18.7 Å². The first kappa shape index (κ1) is 15.3. The molecule has 0 spiro atoms. The Morgan fingerprint density at radius 1 is 1.35 bits per heavy atom. The highest BCUT2D eigenvalue weighted by molar-refractivity contribution is 5.99. The van der Waals surface area contributed by atoms with Gasteiger partial charge in [-0.3, -0.25) is 9.59 Å². The van der Waals surface area contributed by atoms with Crippen molar-refractivity contribution < 1.29 is 14.3 Å². The van der Waals surface area contributed by atoms with Crippen LogP contribution < -0.4 is 5.32 Å². The molecule has 0 bridgehead atoms. The Hall–Kier alpha value is -1.10. The normalized spacial score (nSPS) is 33.7. The number of piperazine rings is 1. The molecule has 2 fully saturated rings. The van der Waals surface area contributed by atoms with Gasteiger partial charge in [0.15, 0.2) is 0 Å². The van der Waals surface area contributed by atoms with Gasteiger partial charge < -0.3 is 15.0 Å². The van der Waals surface area contributed by atoms with E-state index in [0.717, 1.165) is 12.8 Å². The minimum Gasteiger partial charge on any atom is -0.373 e. The topological polar surface area (TPSA) is 58.6 Å². The van der Waals surface area contributed by atoms with Crippen molar-refractivity contribution in [2.75, 3.05) is 6.54 Å². The van der Waals surface area contributed by atoms with Crippen molar-refractivity contribution in [3.05, 3.63) is 0 Å². The summed E-state index contributed by atoms with van der Waals surface area (Å²) in [7, 11) is 0. The molecule has 3 unspecified atom stereocenters. The summed E-state index contributed by atoms with van der Waals surface area (Å²) in [5.41, 5.74) is -0.827. The van der Waals surface area contributed by atoms with Gasteiger partial charge in [-0.15, -0.1) is 0 Å². The number of nitrogens with one attached hydrogen (secondary N) is 1. The summed E-state index contributed by atoms with van der Waals surface area (Å²) < 4.78 is 5.82. The maximum absolute atomic E-state index is 12.6. The highest BCUT2D eigenvalue weighted by atomic mass is 16.5. The van der Waals surface area contributed by atoms with Crippen molar-refractivity contribution >= 4 is 11.8 Å². The Labute approximate surface area is 121 Å². The molecule has 2 heterocycles. The van der Waals surface area contributed by atoms with Crippen molar-refractivity contribution in [3.63, 3.8) is 0 Å². The van der Waals surface area contributed by atoms with Crippen LogP contribution >= 0.6 is 0 Å². The molecular weight excluding hydrogens is 256 g/mol. The lowest BCUT2D eigenvalue weighted by molar-refractivity contribution is -0.157. The lowest BCUT2D eigenvalue weighted by atomic mass is 9.91. The van der Waals surface area contributed by atoms with Crippen LogP contribution in [0.2, 0.25) is 0 Å². The maximum Gasteiger partial charge on any atom is 0.248 e. The third-order valence-corrected chi connectivity index (χ3v) is 4.19. The molecule has 0 aromatic carbocycles. The van der Waals surface area contributed by atoms with Crippen LogP contribution in [0, 0.1) is 5.92 Å². The Morgan fingerprint density at radius 3 is 2.50 bits per heavy atom. The van der Waals surface area contributed by atoms with Gasteiger partial charge in [-0.2, -0.15) is 0 Å². The SMILES string of the molecule is CC1CCC(CN2C(=O)C(C)(C)NC(=O)C2C(C)C)O1. The van der Waals surface area contributed by atoms with E-state index in [-0.39, 0.29) is 29.9 Å². The summed E-state index contributed by atoms with van der Waals surface area (Å²) >= 11 is 0. The molecule has 0 aromatic heterocycles. The molecule has 2 saturated heterocycles. The zero-order chi connectivity index (χ0) is 15.1. The largest absolute Gasteiger partial charge is 0.373 e. The first-order valence-corrected chi connectivity index (χ1v) is 7.51. The number of rotatable bonds is 3. The van der Waals surface area contributed by atoms with Crippen molar-refractivity contribution in [3.8, 4) is 0 Å². The first-order chi connectivity index (χ1) is 9.22. The molecule has 0 aliphatic carbocycles. The molecule has 0 aromatic rings. The molecule has 114 valence electrons.